The normalized spacial score (nSPS) is 46.5. The van der Waals surface area contributed by atoms with E-state index in [9.17, 15) is 5.11 Å². The van der Waals surface area contributed by atoms with E-state index in [4.69, 9.17) is 0 Å². The van der Waals surface area contributed by atoms with Gasteiger partial charge in [0.15, 0.2) is 0 Å². The van der Waals surface area contributed by atoms with E-state index in [1.165, 1.54) is 25.9 Å². The maximum Gasteiger partial charge on any atom is 0.0926 e. The maximum atomic E-state index is 10.3. The molecule has 0 aromatic rings. The fraction of sp³-hybridized carbons (Fsp3) is 1.00. The molecule has 1 atom stereocenters. The molecule has 70 valence electrons. The van der Waals surface area contributed by atoms with Crippen LogP contribution in [0.15, 0.2) is 0 Å². The van der Waals surface area contributed by atoms with Crippen molar-refractivity contribution in [3.8, 4) is 0 Å². The van der Waals surface area contributed by atoms with Crippen LogP contribution in [0.5, 0.6) is 0 Å². The molecule has 0 spiro atoms. The Labute approximate surface area is 73.8 Å². The number of aliphatic hydroxyl groups is 1. The lowest BCUT2D eigenvalue weighted by Gasteiger charge is -2.50. The van der Waals surface area contributed by atoms with Gasteiger partial charge < -0.3 is 15.3 Å². The molecule has 0 aromatic carbocycles. The predicted octanol–water partition coefficient (Wildman–Crippen LogP) is -0.338. The van der Waals surface area contributed by atoms with Crippen molar-refractivity contribution in [1.29, 1.82) is 0 Å². The molecule has 0 radical (unpaired) electrons. The predicted molar refractivity (Wildman–Crippen MR) is 48.0 cm³/mol. The Balaban J connectivity index is 2.06. The lowest BCUT2D eigenvalue weighted by Crippen LogP contribution is -2.62. The second kappa shape index (κ2) is 2.98. The molecule has 3 nitrogen and oxygen atoms in total. The lowest BCUT2D eigenvalue weighted by molar-refractivity contribution is -0.108. The Bertz CT molecular complexity index is 166. The van der Waals surface area contributed by atoms with E-state index < -0.39 is 5.60 Å². The third-order valence-corrected chi connectivity index (χ3v) is 3.33. The van der Waals surface area contributed by atoms with Crippen LogP contribution in [-0.4, -0.2) is 48.8 Å². The summed E-state index contributed by atoms with van der Waals surface area (Å²) < 4.78 is 0. The first kappa shape index (κ1) is 8.48. The molecule has 3 fully saturated rings. The molecule has 3 heteroatoms. The highest BCUT2D eigenvalue weighted by Crippen LogP contribution is 2.34. The quantitative estimate of drug-likeness (QED) is 0.595. The van der Waals surface area contributed by atoms with Crippen molar-refractivity contribution in [2.24, 2.45) is 5.92 Å². The van der Waals surface area contributed by atoms with Crippen LogP contribution in [0.2, 0.25) is 0 Å². The second-order valence-corrected chi connectivity index (χ2v) is 4.18. The summed E-state index contributed by atoms with van der Waals surface area (Å²) in [6, 6.07) is 0. The van der Waals surface area contributed by atoms with Crippen molar-refractivity contribution in [1.82, 2.24) is 10.2 Å². The van der Waals surface area contributed by atoms with E-state index in [2.05, 4.69) is 10.2 Å². The summed E-state index contributed by atoms with van der Waals surface area (Å²) in [7, 11) is 1.91. The Morgan fingerprint density at radius 3 is 2.58 bits per heavy atom. The minimum atomic E-state index is -0.439. The van der Waals surface area contributed by atoms with Crippen molar-refractivity contribution in [2.75, 3.05) is 33.2 Å². The van der Waals surface area contributed by atoms with Crippen LogP contribution < -0.4 is 5.32 Å². The van der Waals surface area contributed by atoms with Gasteiger partial charge in [-0.3, -0.25) is 0 Å². The number of fused-ring (bicyclic) bond motifs is 3. The first-order valence-electron chi connectivity index (χ1n) is 4.84. The van der Waals surface area contributed by atoms with Crippen molar-refractivity contribution < 1.29 is 5.11 Å². The van der Waals surface area contributed by atoms with Crippen LogP contribution >= 0.6 is 0 Å². The summed E-state index contributed by atoms with van der Waals surface area (Å²) in [6.45, 7) is 4.00. The summed E-state index contributed by atoms with van der Waals surface area (Å²) >= 11 is 0. The molecule has 1 unspecified atom stereocenters. The summed E-state index contributed by atoms with van der Waals surface area (Å²) in [5.41, 5.74) is -0.439. The Morgan fingerprint density at radius 2 is 2.17 bits per heavy atom. The van der Waals surface area contributed by atoms with Gasteiger partial charge in [-0.1, -0.05) is 0 Å². The molecular weight excluding hydrogens is 152 g/mol. The Hall–Kier alpha value is -0.120. The standard InChI is InChI=1S/C9H18N2O/c1-10-6-9(12)7-11-4-2-8(9)3-5-11/h8,10,12H,2-7H2,1H3. The van der Waals surface area contributed by atoms with E-state index in [0.717, 1.165) is 13.1 Å². The zero-order valence-electron chi connectivity index (χ0n) is 7.71. The number of nitrogens with zero attached hydrogens (tertiary/aromatic N) is 1. The SMILES string of the molecule is CNCC1(O)CN2CCC1CC2. The average Bonchev–Trinajstić information content (AvgIpc) is 2.05. The molecule has 0 aliphatic carbocycles. The van der Waals surface area contributed by atoms with E-state index in [-0.39, 0.29) is 0 Å². The molecule has 3 saturated heterocycles. The first-order chi connectivity index (χ1) is 5.74. The first-order valence-corrected chi connectivity index (χ1v) is 4.84. The zero-order chi connectivity index (χ0) is 8.60. The molecule has 3 aliphatic rings. The van der Waals surface area contributed by atoms with Gasteiger partial charge in [0.05, 0.1) is 5.60 Å². The molecular formula is C9H18N2O. The van der Waals surface area contributed by atoms with Gasteiger partial charge in [0, 0.05) is 13.1 Å². The Morgan fingerprint density at radius 1 is 1.50 bits per heavy atom. The van der Waals surface area contributed by atoms with Gasteiger partial charge in [0.1, 0.15) is 0 Å². The summed E-state index contributed by atoms with van der Waals surface area (Å²) in [4.78, 5) is 2.37. The molecule has 2 N–H and O–H groups in total. The number of hydrogen-bond donors (Lipinski definition) is 2. The highest BCUT2D eigenvalue weighted by Gasteiger charge is 2.44. The zero-order valence-corrected chi connectivity index (χ0v) is 7.71. The van der Waals surface area contributed by atoms with Crippen LogP contribution in [0, 0.1) is 5.92 Å². The molecule has 0 amide bonds. The van der Waals surface area contributed by atoms with Crippen LogP contribution in [-0.2, 0) is 0 Å². The fourth-order valence-electron chi connectivity index (χ4n) is 2.65. The topological polar surface area (TPSA) is 35.5 Å². The summed E-state index contributed by atoms with van der Waals surface area (Å²) in [5, 5.41) is 13.3. The third kappa shape index (κ3) is 1.26. The van der Waals surface area contributed by atoms with E-state index >= 15 is 0 Å². The average molecular weight is 170 g/mol. The maximum absolute atomic E-state index is 10.3. The van der Waals surface area contributed by atoms with Gasteiger partial charge in [0.2, 0.25) is 0 Å². The smallest absolute Gasteiger partial charge is 0.0926 e. The van der Waals surface area contributed by atoms with Crippen LogP contribution in [0.3, 0.4) is 0 Å². The van der Waals surface area contributed by atoms with Crippen molar-refractivity contribution in [3.05, 3.63) is 0 Å². The highest BCUT2D eigenvalue weighted by atomic mass is 16.3. The summed E-state index contributed by atoms with van der Waals surface area (Å²) in [6.07, 6.45) is 2.36. The number of nitrogens with one attached hydrogen (secondary N) is 1. The minimum Gasteiger partial charge on any atom is -0.387 e. The highest BCUT2D eigenvalue weighted by molar-refractivity contribution is 4.99. The molecule has 12 heavy (non-hydrogen) atoms. The summed E-state index contributed by atoms with van der Waals surface area (Å²) in [5.74, 6) is 0.537. The van der Waals surface area contributed by atoms with Crippen molar-refractivity contribution >= 4 is 0 Å². The minimum absolute atomic E-state index is 0.439. The van der Waals surface area contributed by atoms with Gasteiger partial charge in [0.25, 0.3) is 0 Å². The fourth-order valence-corrected chi connectivity index (χ4v) is 2.65. The Kier molecular flexibility index (Phi) is 2.10. The van der Waals surface area contributed by atoms with Crippen LogP contribution in [0.1, 0.15) is 12.8 Å². The number of hydrogen-bond acceptors (Lipinski definition) is 3. The number of rotatable bonds is 2. The van der Waals surface area contributed by atoms with Crippen LogP contribution in [0.25, 0.3) is 0 Å². The second-order valence-electron chi connectivity index (χ2n) is 4.18. The third-order valence-electron chi connectivity index (χ3n) is 3.33. The molecule has 2 bridgehead atoms. The largest absolute Gasteiger partial charge is 0.387 e. The van der Waals surface area contributed by atoms with Gasteiger partial charge >= 0.3 is 0 Å². The molecule has 3 aliphatic heterocycles. The number of likely N-dealkylation sites (N-methyl/N-ethyl adjacent to an activating group) is 1. The molecule has 3 rings (SSSR count). The lowest BCUT2D eigenvalue weighted by atomic mass is 9.75. The number of piperidine rings is 3. The molecule has 3 heterocycles. The van der Waals surface area contributed by atoms with Crippen LogP contribution in [0.4, 0.5) is 0 Å². The molecule has 0 saturated carbocycles. The van der Waals surface area contributed by atoms with Gasteiger partial charge in [-0.2, -0.15) is 0 Å². The monoisotopic (exact) mass is 170 g/mol. The van der Waals surface area contributed by atoms with E-state index in [1.807, 2.05) is 7.05 Å². The van der Waals surface area contributed by atoms with Gasteiger partial charge in [-0.05, 0) is 38.9 Å². The van der Waals surface area contributed by atoms with Gasteiger partial charge in [-0.15, -0.1) is 0 Å². The van der Waals surface area contributed by atoms with Gasteiger partial charge in [-0.25, -0.2) is 0 Å². The van der Waals surface area contributed by atoms with Crippen molar-refractivity contribution in [3.63, 3.8) is 0 Å². The van der Waals surface area contributed by atoms with Crippen molar-refractivity contribution in [2.45, 2.75) is 18.4 Å². The molecule has 0 aromatic heterocycles. The van der Waals surface area contributed by atoms with E-state index in [1.54, 1.807) is 0 Å². The van der Waals surface area contributed by atoms with E-state index in [0.29, 0.717) is 5.92 Å².